The molecule has 11 nitrogen and oxygen atoms in total. The van der Waals surface area contributed by atoms with Gasteiger partial charge in [0.25, 0.3) is 0 Å². The maximum absolute atomic E-state index is 12.8. The van der Waals surface area contributed by atoms with Gasteiger partial charge in [-0.1, -0.05) is 41.9 Å². The van der Waals surface area contributed by atoms with Crippen LogP contribution in [0.25, 0.3) is 10.8 Å². The van der Waals surface area contributed by atoms with Crippen LogP contribution in [0.15, 0.2) is 48.6 Å². The molecule has 8 rings (SSSR count). The standard InChI is InChI=1S/C30H35ClN6O3.C7H12FN.C2H3N/c1-39-30-32-25-21-37(26-8-3-6-22-5-2-7-24(31)28(22)26)12-10-23(25)29(33-30)36-15-13-35(14-16-36)27(38)9-4-11-34-17-19-40-20-18-34;8-6-4-7-2-1-3-9(7)5-6;1-2-3/h2-9H,10-21H2,1H3;6-7H,1-5H2;1H3/b9-4+;;. The van der Waals surface area contributed by atoms with Crippen molar-refractivity contribution in [3.8, 4) is 12.1 Å². The van der Waals surface area contributed by atoms with Crippen LogP contribution in [0.3, 0.4) is 0 Å². The smallest absolute Gasteiger partial charge is 0.318 e. The highest BCUT2D eigenvalue weighted by atomic mass is 35.5. The number of halogens is 2. The highest BCUT2D eigenvalue weighted by Gasteiger charge is 2.35. The van der Waals surface area contributed by atoms with Crippen molar-refractivity contribution in [2.45, 2.75) is 51.4 Å². The molecule has 4 saturated heterocycles. The Morgan fingerprint density at radius 3 is 2.54 bits per heavy atom. The summed E-state index contributed by atoms with van der Waals surface area (Å²) in [6, 6.07) is 15.1. The van der Waals surface area contributed by atoms with Gasteiger partial charge in [-0.05, 0) is 49.7 Å². The zero-order chi connectivity index (χ0) is 36.5. The number of hydrogen-bond acceptors (Lipinski definition) is 10. The van der Waals surface area contributed by atoms with Gasteiger partial charge >= 0.3 is 6.01 Å². The summed E-state index contributed by atoms with van der Waals surface area (Å²) in [4.78, 5) is 33.5. The van der Waals surface area contributed by atoms with Crippen LogP contribution in [-0.4, -0.2) is 129 Å². The predicted molar refractivity (Wildman–Crippen MR) is 203 cm³/mol. The van der Waals surface area contributed by atoms with Crippen molar-refractivity contribution in [2.24, 2.45) is 0 Å². The van der Waals surface area contributed by atoms with Gasteiger partial charge in [0.15, 0.2) is 0 Å². The van der Waals surface area contributed by atoms with Crippen LogP contribution in [0.5, 0.6) is 6.01 Å². The monoisotopic (exact) mass is 732 g/mol. The summed E-state index contributed by atoms with van der Waals surface area (Å²) in [6.07, 6.45) is 7.32. The molecule has 1 amide bonds. The Hall–Kier alpha value is -4.02. The van der Waals surface area contributed by atoms with Crippen molar-refractivity contribution in [2.75, 3.05) is 95.6 Å². The third kappa shape index (κ3) is 9.12. The second-order valence-electron chi connectivity index (χ2n) is 13.7. The number of fused-ring (bicyclic) bond motifs is 3. The number of alkyl halides is 1. The first-order valence-corrected chi connectivity index (χ1v) is 18.8. The Bertz CT molecular complexity index is 1720. The number of nitriles is 1. The number of carbonyl (C=O) groups is 1. The number of carbonyl (C=O) groups excluding carboxylic acids is 1. The van der Waals surface area contributed by atoms with E-state index in [4.69, 9.17) is 36.3 Å². The first kappa shape index (κ1) is 37.7. The third-order valence-electron chi connectivity index (χ3n) is 10.5. The van der Waals surface area contributed by atoms with Gasteiger partial charge < -0.3 is 24.2 Å². The van der Waals surface area contributed by atoms with Crippen molar-refractivity contribution in [3.05, 3.63) is 64.8 Å². The second-order valence-corrected chi connectivity index (χ2v) is 14.1. The van der Waals surface area contributed by atoms with Crippen molar-refractivity contribution in [3.63, 3.8) is 0 Å². The zero-order valence-corrected chi connectivity index (χ0v) is 31.1. The Kier molecular flexibility index (Phi) is 13.2. The van der Waals surface area contributed by atoms with Crippen molar-refractivity contribution >= 4 is 39.8 Å². The molecule has 0 bridgehead atoms. The van der Waals surface area contributed by atoms with Crippen LogP contribution < -0.4 is 14.5 Å². The van der Waals surface area contributed by atoms with Crippen molar-refractivity contribution < 1.29 is 18.7 Å². The SMILES string of the molecule is CC#N.COc1nc2c(c(N3CCN(C(=O)/C=C/CN4CCOCC4)CC3)n1)CCN(c1cccc3cccc(Cl)c13)C2.FC1CC2CCCN2C1. The maximum Gasteiger partial charge on any atom is 0.318 e. The van der Waals surface area contributed by atoms with E-state index < -0.39 is 6.17 Å². The predicted octanol–water partition coefficient (Wildman–Crippen LogP) is 5.11. The maximum atomic E-state index is 12.8. The van der Waals surface area contributed by atoms with Gasteiger partial charge in [-0.15, -0.1) is 0 Å². The minimum absolute atomic E-state index is 0.0691. The molecule has 1 aromatic heterocycles. The zero-order valence-electron chi connectivity index (χ0n) is 30.4. The number of benzene rings is 2. The summed E-state index contributed by atoms with van der Waals surface area (Å²) in [5.41, 5.74) is 3.25. The average molecular weight is 733 g/mol. The van der Waals surface area contributed by atoms with Crippen LogP contribution >= 0.6 is 11.6 Å². The van der Waals surface area contributed by atoms with Gasteiger partial charge in [-0.2, -0.15) is 15.2 Å². The van der Waals surface area contributed by atoms with E-state index in [2.05, 4.69) is 43.9 Å². The van der Waals surface area contributed by atoms with Gasteiger partial charge in [-0.25, -0.2) is 4.39 Å². The summed E-state index contributed by atoms with van der Waals surface area (Å²) in [6.45, 7) is 11.7. The van der Waals surface area contributed by atoms with E-state index in [0.717, 1.165) is 110 Å². The lowest BCUT2D eigenvalue weighted by atomic mass is 10.0. The molecule has 0 saturated carbocycles. The summed E-state index contributed by atoms with van der Waals surface area (Å²) < 4.78 is 23.5. The number of ether oxygens (including phenoxy) is 2. The fourth-order valence-corrected chi connectivity index (χ4v) is 8.12. The molecule has 52 heavy (non-hydrogen) atoms. The number of nitrogens with zero attached hydrogens (tertiary/aromatic N) is 8. The van der Waals surface area contributed by atoms with E-state index in [1.807, 2.05) is 23.1 Å². The topological polar surface area (TPSA) is 101 Å². The minimum Gasteiger partial charge on any atom is -0.467 e. The molecule has 0 radical (unpaired) electrons. The number of amides is 1. The van der Waals surface area contributed by atoms with Crippen molar-refractivity contribution in [1.82, 2.24) is 24.7 Å². The molecule has 0 N–H and O–H groups in total. The molecule has 0 aliphatic carbocycles. The second kappa shape index (κ2) is 18.1. The van der Waals surface area contributed by atoms with E-state index in [1.165, 1.54) is 19.8 Å². The van der Waals surface area contributed by atoms with E-state index in [-0.39, 0.29) is 5.91 Å². The third-order valence-corrected chi connectivity index (χ3v) is 10.8. The summed E-state index contributed by atoms with van der Waals surface area (Å²) in [7, 11) is 1.61. The quantitative estimate of drug-likeness (QED) is 0.318. The first-order valence-electron chi connectivity index (χ1n) is 18.4. The fraction of sp³-hybridized carbons (Fsp3) is 0.538. The fourth-order valence-electron chi connectivity index (χ4n) is 7.84. The lowest BCUT2D eigenvalue weighted by Gasteiger charge is -2.38. The van der Waals surface area contributed by atoms with E-state index in [9.17, 15) is 9.18 Å². The van der Waals surface area contributed by atoms with Gasteiger partial charge in [0, 0.05) is 94.6 Å². The van der Waals surface area contributed by atoms with Crippen molar-refractivity contribution in [1.29, 1.82) is 5.26 Å². The molecule has 6 heterocycles. The normalized spacial score (nSPS) is 21.9. The van der Waals surface area contributed by atoms with Gasteiger partial charge in [0.2, 0.25) is 5.91 Å². The van der Waals surface area contributed by atoms with Crippen LogP contribution in [-0.2, 0) is 22.5 Å². The Morgan fingerprint density at radius 2 is 1.81 bits per heavy atom. The lowest BCUT2D eigenvalue weighted by molar-refractivity contribution is -0.126. The lowest BCUT2D eigenvalue weighted by Crippen LogP contribution is -2.49. The number of anilines is 2. The summed E-state index contributed by atoms with van der Waals surface area (Å²) in [5, 5.41) is 10.3. The molecule has 2 unspecified atom stereocenters. The summed E-state index contributed by atoms with van der Waals surface area (Å²) >= 11 is 6.64. The van der Waals surface area contributed by atoms with Gasteiger partial charge in [0.05, 0.1) is 43.7 Å². The number of methoxy groups -OCH3 is 1. The molecule has 2 aromatic carbocycles. The summed E-state index contributed by atoms with van der Waals surface area (Å²) in [5.74, 6) is 0.993. The molecule has 2 atom stereocenters. The molecular formula is C39H50ClFN8O3. The van der Waals surface area contributed by atoms with Crippen LogP contribution in [0, 0.1) is 11.3 Å². The average Bonchev–Trinajstić information content (AvgIpc) is 3.76. The molecule has 4 fully saturated rings. The molecular weight excluding hydrogens is 683 g/mol. The number of hydrogen-bond donors (Lipinski definition) is 0. The highest BCUT2D eigenvalue weighted by Crippen LogP contribution is 2.37. The van der Waals surface area contributed by atoms with E-state index >= 15 is 0 Å². The molecule has 13 heteroatoms. The molecule has 0 spiro atoms. The minimum atomic E-state index is -0.518. The largest absolute Gasteiger partial charge is 0.467 e. The molecule has 5 aliphatic rings. The van der Waals surface area contributed by atoms with Gasteiger partial charge in [0.1, 0.15) is 12.0 Å². The van der Waals surface area contributed by atoms with Crippen LogP contribution in [0.4, 0.5) is 15.9 Å². The highest BCUT2D eigenvalue weighted by molar-refractivity contribution is 6.36. The number of morpholine rings is 1. The Morgan fingerprint density at radius 1 is 1.06 bits per heavy atom. The van der Waals surface area contributed by atoms with Gasteiger partial charge in [-0.3, -0.25) is 14.6 Å². The number of rotatable bonds is 6. The molecule has 278 valence electrons. The number of aromatic nitrogens is 2. The van der Waals surface area contributed by atoms with E-state index in [1.54, 1.807) is 19.3 Å². The Labute approximate surface area is 311 Å². The molecule has 3 aromatic rings. The first-order chi connectivity index (χ1) is 25.4. The Balaban J connectivity index is 0.000000328. The number of piperazine rings is 1. The van der Waals surface area contributed by atoms with Crippen LogP contribution in [0.1, 0.15) is 37.4 Å². The van der Waals surface area contributed by atoms with E-state index in [0.29, 0.717) is 38.2 Å². The van der Waals surface area contributed by atoms with Crippen LogP contribution in [0.2, 0.25) is 5.02 Å². The molecule has 5 aliphatic heterocycles.